The van der Waals surface area contributed by atoms with Crippen molar-refractivity contribution in [2.45, 2.75) is 6.54 Å². The first-order chi connectivity index (χ1) is 17.3. The van der Waals surface area contributed by atoms with E-state index in [-0.39, 0.29) is 34.3 Å². The molecule has 4 aromatic rings. The maximum absolute atomic E-state index is 14.6. The molecule has 0 atom stereocenters. The van der Waals surface area contributed by atoms with E-state index in [4.69, 9.17) is 4.42 Å². The number of aromatic nitrogens is 2. The number of benzene rings is 2. The number of amides is 1. The van der Waals surface area contributed by atoms with Crippen molar-refractivity contribution < 1.29 is 22.8 Å². The quantitative estimate of drug-likeness (QED) is 0.416. The lowest BCUT2D eigenvalue weighted by atomic mass is 10.1. The summed E-state index contributed by atoms with van der Waals surface area (Å²) in [4.78, 5) is 51.9. The number of nitrogens with one attached hydrogen (secondary N) is 2. The van der Waals surface area contributed by atoms with Gasteiger partial charge in [-0.15, -0.1) is 0 Å². The van der Waals surface area contributed by atoms with Crippen molar-refractivity contribution in [2.75, 3.05) is 0 Å². The van der Waals surface area contributed by atoms with Gasteiger partial charge in [-0.05, 0) is 48.0 Å². The number of nitrogens with zero attached hydrogens (tertiary/aromatic N) is 2. The maximum Gasteiger partial charge on any atom is 0.329 e. The van der Waals surface area contributed by atoms with Gasteiger partial charge in [0.1, 0.15) is 11.6 Å². The molecule has 1 aliphatic rings. The number of carbonyl (C=O) groups is 2. The van der Waals surface area contributed by atoms with E-state index in [0.29, 0.717) is 5.56 Å². The van der Waals surface area contributed by atoms with Crippen LogP contribution in [-0.4, -0.2) is 26.3 Å². The SMILES string of the molecule is O=C(C1=CNN(C(=O)c2cc(Cn3c(=O)[nH]c(=O)c4c(F)cccc43)ccc2F)C=C1)c1ccco1. The van der Waals surface area contributed by atoms with Crippen molar-refractivity contribution in [3.63, 3.8) is 0 Å². The number of carbonyl (C=O) groups excluding carboxylic acids is 2. The zero-order valence-corrected chi connectivity index (χ0v) is 18.3. The lowest BCUT2D eigenvalue weighted by molar-refractivity contribution is 0.0771. The third-order valence-electron chi connectivity index (χ3n) is 5.57. The predicted octanol–water partition coefficient (Wildman–Crippen LogP) is 2.85. The maximum atomic E-state index is 14.6. The van der Waals surface area contributed by atoms with E-state index in [1.165, 1.54) is 55.1 Å². The van der Waals surface area contributed by atoms with Crippen LogP contribution in [0.3, 0.4) is 0 Å². The Morgan fingerprint density at radius 3 is 2.56 bits per heavy atom. The molecule has 9 nitrogen and oxygen atoms in total. The van der Waals surface area contributed by atoms with Crippen molar-refractivity contribution in [2.24, 2.45) is 0 Å². The van der Waals surface area contributed by atoms with Crippen LogP contribution < -0.4 is 16.7 Å². The van der Waals surface area contributed by atoms with Gasteiger partial charge in [-0.2, -0.15) is 0 Å². The van der Waals surface area contributed by atoms with E-state index in [1.807, 2.05) is 0 Å². The fraction of sp³-hybridized carbons (Fsp3) is 0.0400. The Labute approximate surface area is 200 Å². The summed E-state index contributed by atoms with van der Waals surface area (Å²) in [5.74, 6) is -2.66. The van der Waals surface area contributed by atoms with Crippen LogP contribution in [0.15, 0.2) is 92.8 Å². The number of Topliss-reactive ketones (excluding diaryl/α,β-unsaturated/α-hetero) is 1. The van der Waals surface area contributed by atoms with Crippen molar-refractivity contribution in [3.8, 4) is 0 Å². The number of furan rings is 1. The third-order valence-corrected chi connectivity index (χ3v) is 5.57. The van der Waals surface area contributed by atoms with Gasteiger partial charge in [0.2, 0.25) is 5.78 Å². The molecule has 36 heavy (non-hydrogen) atoms. The van der Waals surface area contributed by atoms with E-state index in [0.717, 1.165) is 21.7 Å². The Kier molecular flexibility index (Phi) is 5.65. The molecule has 0 spiro atoms. The van der Waals surface area contributed by atoms with Crippen LogP contribution in [-0.2, 0) is 6.54 Å². The lowest BCUT2D eigenvalue weighted by Crippen LogP contribution is -2.38. The summed E-state index contributed by atoms with van der Waals surface area (Å²) in [6.07, 6.45) is 5.29. The van der Waals surface area contributed by atoms with E-state index in [9.17, 15) is 28.0 Å². The molecule has 2 aromatic carbocycles. The fourth-order valence-corrected chi connectivity index (χ4v) is 3.81. The molecule has 180 valence electrons. The molecule has 3 heterocycles. The van der Waals surface area contributed by atoms with Crippen LogP contribution in [0.2, 0.25) is 0 Å². The molecule has 0 unspecified atom stereocenters. The second-order valence-electron chi connectivity index (χ2n) is 7.82. The number of rotatable bonds is 5. The third kappa shape index (κ3) is 4.02. The smallest absolute Gasteiger partial charge is 0.329 e. The predicted molar refractivity (Wildman–Crippen MR) is 124 cm³/mol. The van der Waals surface area contributed by atoms with Gasteiger partial charge in [-0.1, -0.05) is 12.1 Å². The second kappa shape index (κ2) is 8.95. The summed E-state index contributed by atoms with van der Waals surface area (Å²) in [5.41, 5.74) is 1.29. The number of aromatic amines is 1. The van der Waals surface area contributed by atoms with Gasteiger partial charge in [0, 0.05) is 18.0 Å². The number of hydrogen-bond donors (Lipinski definition) is 2. The van der Waals surface area contributed by atoms with Gasteiger partial charge < -0.3 is 4.42 Å². The minimum atomic E-state index is -0.861. The molecule has 0 saturated heterocycles. The fourth-order valence-electron chi connectivity index (χ4n) is 3.81. The summed E-state index contributed by atoms with van der Waals surface area (Å²) in [6.45, 7) is -0.166. The highest BCUT2D eigenvalue weighted by Crippen LogP contribution is 2.19. The number of halogens is 2. The van der Waals surface area contributed by atoms with E-state index in [2.05, 4.69) is 10.4 Å². The summed E-state index contributed by atoms with van der Waals surface area (Å²) in [5, 5.41) is 0.697. The minimum Gasteiger partial charge on any atom is -0.461 e. The molecule has 0 saturated carbocycles. The monoisotopic (exact) mass is 490 g/mol. The van der Waals surface area contributed by atoms with E-state index < -0.39 is 34.6 Å². The average Bonchev–Trinajstić information content (AvgIpc) is 3.41. The first-order valence-corrected chi connectivity index (χ1v) is 10.6. The molecular weight excluding hydrogens is 474 g/mol. The van der Waals surface area contributed by atoms with Crippen LogP contribution >= 0.6 is 0 Å². The zero-order valence-electron chi connectivity index (χ0n) is 18.3. The van der Waals surface area contributed by atoms with Crippen molar-refractivity contribution >= 4 is 22.6 Å². The van der Waals surface area contributed by atoms with E-state index >= 15 is 0 Å². The molecule has 1 aliphatic heterocycles. The summed E-state index contributed by atoms with van der Waals surface area (Å²) in [7, 11) is 0. The number of ketones is 1. The normalized spacial score (nSPS) is 12.9. The van der Waals surface area contributed by atoms with E-state index in [1.54, 1.807) is 6.07 Å². The molecule has 2 N–H and O–H groups in total. The molecule has 0 radical (unpaired) electrons. The van der Waals surface area contributed by atoms with Crippen molar-refractivity contribution in [1.82, 2.24) is 20.0 Å². The first-order valence-electron chi connectivity index (χ1n) is 10.6. The summed E-state index contributed by atoms with van der Waals surface area (Å²) in [6, 6.07) is 10.6. The molecule has 0 aliphatic carbocycles. The topological polar surface area (TPSA) is 117 Å². The number of H-pyrrole nitrogens is 1. The molecule has 2 aromatic heterocycles. The molecule has 1 amide bonds. The van der Waals surface area contributed by atoms with Crippen molar-refractivity contribution in [3.05, 3.63) is 128 Å². The lowest BCUT2D eigenvalue weighted by Gasteiger charge is -2.22. The van der Waals surface area contributed by atoms with Crippen LogP contribution in [0.4, 0.5) is 8.78 Å². The molecule has 11 heteroatoms. The number of hydrogen-bond acceptors (Lipinski definition) is 6. The Morgan fingerprint density at radius 2 is 1.83 bits per heavy atom. The second-order valence-corrected chi connectivity index (χ2v) is 7.82. The summed E-state index contributed by atoms with van der Waals surface area (Å²) >= 11 is 0. The number of fused-ring (bicyclic) bond motifs is 1. The largest absolute Gasteiger partial charge is 0.461 e. The molecule has 0 fully saturated rings. The molecule has 5 rings (SSSR count). The van der Waals surface area contributed by atoms with Gasteiger partial charge in [-0.3, -0.25) is 29.4 Å². The first kappa shape index (κ1) is 22.7. The Hall–Kier alpha value is -5.06. The van der Waals surface area contributed by atoms with Gasteiger partial charge in [0.05, 0.1) is 29.3 Å². The van der Waals surface area contributed by atoms with Crippen LogP contribution in [0.25, 0.3) is 10.9 Å². The highest BCUT2D eigenvalue weighted by atomic mass is 19.1. The van der Waals surface area contributed by atoms with Crippen molar-refractivity contribution in [1.29, 1.82) is 0 Å². The Balaban J connectivity index is 1.42. The summed E-state index contributed by atoms with van der Waals surface area (Å²) < 4.78 is 35.0. The number of allylic oxidation sites excluding steroid dienone is 2. The highest BCUT2D eigenvalue weighted by molar-refractivity contribution is 6.09. The van der Waals surface area contributed by atoms with Crippen LogP contribution in [0.1, 0.15) is 26.5 Å². The molecule has 0 bridgehead atoms. The standard InChI is InChI=1S/C25H16F2N4O5/c26-17-7-6-14(13-30-19-4-1-3-18(27)21(19)23(33)29-25(30)35)11-16(17)24(34)31-9-8-15(12-28-31)22(32)20-5-2-10-36-20/h1-12,28H,13H2,(H,29,33,35). The van der Waals surface area contributed by atoms with Gasteiger partial charge in [0.25, 0.3) is 11.5 Å². The molecular formula is C25H16F2N4O5. The highest BCUT2D eigenvalue weighted by Gasteiger charge is 2.22. The van der Waals surface area contributed by atoms with Gasteiger partial charge in [0.15, 0.2) is 5.76 Å². The Morgan fingerprint density at radius 1 is 1.00 bits per heavy atom. The van der Waals surface area contributed by atoms with Gasteiger partial charge in [-0.25, -0.2) is 18.6 Å². The Bertz CT molecular complexity index is 1700. The minimum absolute atomic E-state index is 0.0560. The zero-order chi connectivity index (χ0) is 25.4. The van der Waals surface area contributed by atoms with Crippen LogP contribution in [0.5, 0.6) is 0 Å². The number of hydrazine groups is 1. The van der Waals surface area contributed by atoms with Gasteiger partial charge >= 0.3 is 5.69 Å². The van der Waals surface area contributed by atoms with Crippen LogP contribution in [0, 0.1) is 11.6 Å². The average molecular weight is 490 g/mol.